The van der Waals surface area contributed by atoms with Crippen LogP contribution in [0, 0.1) is 17.5 Å². The molecular weight excluding hydrogens is 293 g/mol. The minimum Gasteiger partial charge on any atom is -0.324 e. The van der Waals surface area contributed by atoms with Gasteiger partial charge in [0.05, 0.1) is 5.54 Å². The summed E-state index contributed by atoms with van der Waals surface area (Å²) < 4.78 is 38.9. The van der Waals surface area contributed by atoms with Gasteiger partial charge in [-0.25, -0.2) is 13.2 Å². The van der Waals surface area contributed by atoms with Gasteiger partial charge in [-0.05, 0) is 12.8 Å². The van der Waals surface area contributed by atoms with Crippen molar-refractivity contribution in [3.05, 3.63) is 29.6 Å². The Morgan fingerprint density at radius 3 is 2.10 bits per heavy atom. The first-order valence-electron chi connectivity index (χ1n) is 6.17. The van der Waals surface area contributed by atoms with Crippen molar-refractivity contribution in [2.45, 2.75) is 37.6 Å². The van der Waals surface area contributed by atoms with Gasteiger partial charge in [-0.15, -0.1) is 12.4 Å². The first-order valence-corrected chi connectivity index (χ1v) is 6.17. The standard InChI is InChI=1S/C13H15F3N2O.ClH/c14-9-6-8(7-10(15)11(9)16)18-12(19)13(17)4-2-1-3-5-13;/h6-7H,1-5,17H2,(H,18,19);1H. The number of benzene rings is 1. The van der Waals surface area contributed by atoms with Gasteiger partial charge in [0.25, 0.3) is 0 Å². The van der Waals surface area contributed by atoms with E-state index >= 15 is 0 Å². The molecule has 1 fully saturated rings. The number of carbonyl (C=O) groups excluding carboxylic acids is 1. The van der Waals surface area contributed by atoms with Crippen molar-refractivity contribution in [1.29, 1.82) is 0 Å². The Hall–Kier alpha value is -1.27. The first kappa shape index (κ1) is 16.8. The lowest BCUT2D eigenvalue weighted by Crippen LogP contribution is -2.52. The lowest BCUT2D eigenvalue weighted by Gasteiger charge is -2.31. The molecule has 2 rings (SSSR count). The van der Waals surface area contributed by atoms with E-state index in [1.807, 2.05) is 0 Å². The molecule has 0 saturated heterocycles. The fourth-order valence-electron chi connectivity index (χ4n) is 2.29. The summed E-state index contributed by atoms with van der Waals surface area (Å²) >= 11 is 0. The molecular formula is C13H16ClF3N2O. The van der Waals surface area contributed by atoms with Crippen molar-refractivity contribution in [1.82, 2.24) is 0 Å². The highest BCUT2D eigenvalue weighted by Crippen LogP contribution is 2.27. The third-order valence-corrected chi connectivity index (χ3v) is 3.44. The van der Waals surface area contributed by atoms with Crippen LogP contribution in [-0.2, 0) is 4.79 Å². The van der Waals surface area contributed by atoms with E-state index in [0.29, 0.717) is 12.8 Å². The van der Waals surface area contributed by atoms with Crippen LogP contribution in [0.4, 0.5) is 18.9 Å². The monoisotopic (exact) mass is 308 g/mol. The van der Waals surface area contributed by atoms with Crippen LogP contribution >= 0.6 is 12.4 Å². The summed E-state index contributed by atoms with van der Waals surface area (Å²) in [6, 6.07) is 1.48. The Kier molecular flexibility index (Phi) is 5.42. The van der Waals surface area contributed by atoms with Gasteiger partial charge in [-0.2, -0.15) is 0 Å². The second-order valence-corrected chi connectivity index (χ2v) is 4.92. The van der Waals surface area contributed by atoms with Crippen LogP contribution in [-0.4, -0.2) is 11.4 Å². The Balaban J connectivity index is 0.00000200. The second kappa shape index (κ2) is 6.45. The van der Waals surface area contributed by atoms with E-state index in [4.69, 9.17) is 5.73 Å². The maximum Gasteiger partial charge on any atom is 0.244 e. The van der Waals surface area contributed by atoms with E-state index in [9.17, 15) is 18.0 Å². The molecule has 7 heteroatoms. The van der Waals surface area contributed by atoms with E-state index in [0.717, 1.165) is 31.4 Å². The molecule has 112 valence electrons. The van der Waals surface area contributed by atoms with Gasteiger partial charge in [-0.3, -0.25) is 4.79 Å². The molecule has 3 nitrogen and oxygen atoms in total. The molecule has 0 atom stereocenters. The summed E-state index contributed by atoms with van der Waals surface area (Å²) in [7, 11) is 0. The summed E-state index contributed by atoms with van der Waals surface area (Å²) in [4.78, 5) is 12.0. The largest absolute Gasteiger partial charge is 0.324 e. The molecule has 0 radical (unpaired) electrons. The third-order valence-electron chi connectivity index (χ3n) is 3.44. The number of nitrogens with one attached hydrogen (secondary N) is 1. The lowest BCUT2D eigenvalue weighted by molar-refractivity contribution is -0.122. The third kappa shape index (κ3) is 3.43. The molecule has 1 amide bonds. The molecule has 0 spiro atoms. The maximum atomic E-state index is 13.0. The summed E-state index contributed by atoms with van der Waals surface area (Å²) in [5, 5.41) is 2.35. The van der Waals surface area contributed by atoms with Gasteiger partial charge >= 0.3 is 0 Å². The Morgan fingerprint density at radius 1 is 1.10 bits per heavy atom. The Labute approximate surface area is 121 Å². The second-order valence-electron chi connectivity index (χ2n) is 4.92. The highest BCUT2D eigenvalue weighted by atomic mass is 35.5. The Morgan fingerprint density at radius 2 is 1.60 bits per heavy atom. The lowest BCUT2D eigenvalue weighted by atomic mass is 9.82. The highest BCUT2D eigenvalue weighted by Gasteiger charge is 2.35. The van der Waals surface area contributed by atoms with Gasteiger partial charge in [-0.1, -0.05) is 19.3 Å². The molecule has 1 aliphatic rings. The van der Waals surface area contributed by atoms with E-state index < -0.39 is 28.9 Å². The summed E-state index contributed by atoms with van der Waals surface area (Å²) in [6.07, 6.45) is 3.77. The number of hydrogen-bond acceptors (Lipinski definition) is 2. The molecule has 1 aromatic rings. The number of carbonyl (C=O) groups is 1. The molecule has 1 aliphatic carbocycles. The Bertz CT molecular complexity index is 481. The topological polar surface area (TPSA) is 55.1 Å². The molecule has 1 aromatic carbocycles. The van der Waals surface area contributed by atoms with Crippen LogP contribution in [0.1, 0.15) is 32.1 Å². The van der Waals surface area contributed by atoms with Crippen molar-refractivity contribution >= 4 is 24.0 Å². The number of nitrogens with two attached hydrogens (primary N) is 1. The van der Waals surface area contributed by atoms with E-state index in [-0.39, 0.29) is 18.1 Å². The number of halogens is 4. The van der Waals surface area contributed by atoms with Crippen LogP contribution in [0.25, 0.3) is 0 Å². The summed E-state index contributed by atoms with van der Waals surface area (Å²) in [5.41, 5.74) is 4.84. The van der Waals surface area contributed by atoms with E-state index in [1.165, 1.54) is 0 Å². The average molecular weight is 309 g/mol. The zero-order valence-electron chi connectivity index (χ0n) is 10.7. The number of rotatable bonds is 2. The molecule has 0 heterocycles. The van der Waals surface area contributed by atoms with Gasteiger partial charge in [0, 0.05) is 17.8 Å². The summed E-state index contributed by atoms with van der Waals surface area (Å²) in [6.45, 7) is 0. The van der Waals surface area contributed by atoms with E-state index in [1.54, 1.807) is 0 Å². The van der Waals surface area contributed by atoms with Crippen LogP contribution in [0.5, 0.6) is 0 Å². The first-order chi connectivity index (χ1) is 8.92. The molecule has 0 bridgehead atoms. The zero-order chi connectivity index (χ0) is 14.0. The smallest absolute Gasteiger partial charge is 0.244 e. The van der Waals surface area contributed by atoms with Crippen molar-refractivity contribution in [3.63, 3.8) is 0 Å². The van der Waals surface area contributed by atoms with Crippen molar-refractivity contribution in [3.8, 4) is 0 Å². The van der Waals surface area contributed by atoms with E-state index in [2.05, 4.69) is 5.32 Å². The van der Waals surface area contributed by atoms with Gasteiger partial charge in [0.1, 0.15) is 0 Å². The van der Waals surface area contributed by atoms with Gasteiger partial charge < -0.3 is 11.1 Å². The van der Waals surface area contributed by atoms with Crippen molar-refractivity contribution in [2.24, 2.45) is 5.73 Å². The maximum absolute atomic E-state index is 13.0. The van der Waals surface area contributed by atoms with Gasteiger partial charge in [0.15, 0.2) is 17.5 Å². The van der Waals surface area contributed by atoms with Crippen LogP contribution in [0.2, 0.25) is 0 Å². The number of hydrogen-bond donors (Lipinski definition) is 2. The number of amides is 1. The molecule has 0 aliphatic heterocycles. The predicted molar refractivity (Wildman–Crippen MR) is 72.2 cm³/mol. The van der Waals surface area contributed by atoms with Crippen molar-refractivity contribution in [2.75, 3.05) is 5.32 Å². The van der Waals surface area contributed by atoms with Gasteiger partial charge in [0.2, 0.25) is 5.91 Å². The molecule has 0 aromatic heterocycles. The minimum absolute atomic E-state index is 0. The fraction of sp³-hybridized carbons (Fsp3) is 0.462. The minimum atomic E-state index is -1.56. The predicted octanol–water partition coefficient (Wildman–Crippen LogP) is 3.13. The zero-order valence-corrected chi connectivity index (χ0v) is 11.5. The molecule has 0 unspecified atom stereocenters. The average Bonchev–Trinajstić information content (AvgIpc) is 2.36. The molecule has 20 heavy (non-hydrogen) atoms. The van der Waals surface area contributed by atoms with Crippen molar-refractivity contribution < 1.29 is 18.0 Å². The van der Waals surface area contributed by atoms with Crippen LogP contribution in [0.15, 0.2) is 12.1 Å². The van der Waals surface area contributed by atoms with Crippen LogP contribution in [0.3, 0.4) is 0 Å². The quantitative estimate of drug-likeness (QED) is 0.825. The van der Waals surface area contributed by atoms with Crippen LogP contribution < -0.4 is 11.1 Å². The number of anilines is 1. The molecule has 1 saturated carbocycles. The fourth-order valence-corrected chi connectivity index (χ4v) is 2.29. The molecule has 3 N–H and O–H groups in total. The highest BCUT2D eigenvalue weighted by molar-refractivity contribution is 5.98. The SMILES string of the molecule is Cl.NC1(C(=O)Nc2cc(F)c(F)c(F)c2)CCCCC1. The summed E-state index contributed by atoms with van der Waals surface area (Å²) in [5.74, 6) is -4.73. The normalized spacial score (nSPS) is 17.2.